The van der Waals surface area contributed by atoms with Gasteiger partial charge < -0.3 is 34.1 Å². The lowest BCUT2D eigenvalue weighted by atomic mass is 9.87. The number of nitrogens with zero attached hydrogens (tertiary/aromatic N) is 7. The van der Waals surface area contributed by atoms with Gasteiger partial charge in [0.05, 0.1) is 58.3 Å². The molecule has 7 heterocycles. The van der Waals surface area contributed by atoms with Crippen molar-refractivity contribution in [1.82, 2.24) is 34.4 Å². The molecule has 12 aromatic rings. The molecule has 27 nitrogen and oxygen atoms in total. The molecule has 2 unspecified atom stereocenters. The molecule has 5 atom stereocenters. The Hall–Kier alpha value is -11.9. The number of amides is 4. The van der Waals surface area contributed by atoms with Gasteiger partial charge in [-0.15, -0.1) is 0 Å². The Bertz CT molecular complexity index is 6900. The van der Waals surface area contributed by atoms with Crippen molar-refractivity contribution in [3.8, 4) is 34.0 Å². The number of hydrogen-bond donors (Lipinski definition) is 3. The summed E-state index contributed by atoms with van der Waals surface area (Å²) in [5.74, 6) is -1.21. The van der Waals surface area contributed by atoms with Crippen LogP contribution in [0.3, 0.4) is 0 Å². The summed E-state index contributed by atoms with van der Waals surface area (Å²) >= 11 is 0. The van der Waals surface area contributed by atoms with Gasteiger partial charge in [0.25, 0.3) is 17.7 Å². The maximum Gasteiger partial charge on any atom is 0.255 e. The van der Waals surface area contributed by atoms with Gasteiger partial charge in [-0.1, -0.05) is 138 Å². The topological polar surface area (TPSA) is 347 Å². The van der Waals surface area contributed by atoms with Gasteiger partial charge in [0.2, 0.25) is 56.0 Å². The molecule has 4 aromatic heterocycles. The van der Waals surface area contributed by atoms with Crippen molar-refractivity contribution in [3.05, 3.63) is 266 Å². The molecule has 1 aliphatic carbocycles. The number of likely N-dealkylation sites (tertiary alicyclic amines) is 1. The van der Waals surface area contributed by atoms with Gasteiger partial charge in [0.15, 0.2) is 0 Å². The molecule has 33 heteroatoms. The molecule has 0 spiro atoms. The molecule has 3 N–H and O–H groups in total. The minimum atomic E-state index is -3.76. The monoisotopic (exact) mass is 1850 g/mol. The Morgan fingerprint density at radius 3 is 1.24 bits per heavy atom. The van der Waals surface area contributed by atoms with Crippen molar-refractivity contribution < 1.29 is 78.9 Å². The third kappa shape index (κ3) is 20.6. The Kier molecular flexibility index (Phi) is 27.5. The van der Waals surface area contributed by atoms with Crippen molar-refractivity contribution in [2.24, 2.45) is 5.92 Å². The van der Waals surface area contributed by atoms with Crippen LogP contribution in [0.5, 0.6) is 0 Å². The van der Waals surface area contributed by atoms with E-state index in [2.05, 4.69) is 20.9 Å². The molecule has 4 amide bonds. The van der Waals surface area contributed by atoms with E-state index in [1.54, 1.807) is 56.7 Å². The highest BCUT2D eigenvalue weighted by Crippen LogP contribution is 2.51. The number of pyridine rings is 1. The second-order valence-corrected chi connectivity index (χ2v) is 43.4. The number of fused-ring (bicyclic) bond motifs is 3. The highest BCUT2D eigenvalue weighted by atomic mass is 32.2. The average Bonchev–Trinajstić information content (AvgIpc) is 1.62. The van der Waals surface area contributed by atoms with Crippen LogP contribution in [0.25, 0.3) is 73.0 Å². The van der Waals surface area contributed by atoms with Crippen LogP contribution >= 0.6 is 0 Å². The minimum absolute atomic E-state index is 0.0833. The van der Waals surface area contributed by atoms with E-state index < -0.39 is 55.9 Å². The van der Waals surface area contributed by atoms with Crippen LogP contribution in [-0.2, 0) is 60.7 Å². The highest BCUT2D eigenvalue weighted by Gasteiger charge is 2.48. The van der Waals surface area contributed by atoms with Crippen molar-refractivity contribution in [1.29, 1.82) is 0 Å². The Balaban J connectivity index is 0.000000156. The summed E-state index contributed by atoms with van der Waals surface area (Å²) in [7, 11) is -9.43. The average molecular weight is 1850 g/mol. The fraction of sp³-hybridized carbons (Fsp3) is 0.323. The van der Waals surface area contributed by atoms with Crippen LogP contribution in [-0.4, -0.2) is 185 Å². The van der Waals surface area contributed by atoms with E-state index in [1.165, 1.54) is 81.3 Å². The normalized spacial score (nSPS) is 17.7. The Labute approximate surface area is 752 Å². The maximum absolute atomic E-state index is 13.6. The van der Waals surface area contributed by atoms with Gasteiger partial charge in [-0.2, -0.15) is 4.31 Å². The smallest absolute Gasteiger partial charge is 0.255 e. The van der Waals surface area contributed by atoms with Gasteiger partial charge >= 0.3 is 0 Å². The number of piperidine rings is 3. The zero-order valence-corrected chi connectivity index (χ0v) is 77.9. The van der Waals surface area contributed by atoms with E-state index in [4.69, 9.17) is 13.3 Å². The lowest BCUT2D eigenvalue weighted by molar-refractivity contribution is -0.133. The molecule has 3 saturated heterocycles. The lowest BCUT2D eigenvalue weighted by Crippen LogP contribution is -2.40. The van der Waals surface area contributed by atoms with E-state index in [-0.39, 0.29) is 72.1 Å². The van der Waals surface area contributed by atoms with Crippen LogP contribution in [0.15, 0.2) is 207 Å². The third-order valence-electron chi connectivity index (χ3n) is 24.6. The first-order valence-electron chi connectivity index (χ1n) is 42.4. The minimum Gasteiger partial charge on any atom is -0.455 e. The van der Waals surface area contributed by atoms with Crippen LogP contribution in [0, 0.1) is 32.5 Å². The first-order chi connectivity index (χ1) is 61.2. The zero-order chi connectivity index (χ0) is 92.5. The van der Waals surface area contributed by atoms with Crippen molar-refractivity contribution in [2.45, 2.75) is 95.1 Å². The first kappa shape index (κ1) is 93.3. The second kappa shape index (κ2) is 38.1. The van der Waals surface area contributed by atoms with Crippen molar-refractivity contribution in [3.63, 3.8) is 0 Å². The number of halogens is 1. The van der Waals surface area contributed by atoms with Crippen molar-refractivity contribution >= 4 is 130 Å². The van der Waals surface area contributed by atoms with Crippen LogP contribution in [0.2, 0.25) is 0 Å². The molecular weight excluding hydrogens is 1740 g/mol. The predicted molar refractivity (Wildman–Crippen MR) is 503 cm³/mol. The summed E-state index contributed by atoms with van der Waals surface area (Å²) < 4.78 is 169. The Morgan fingerprint density at radius 1 is 0.473 bits per heavy atom. The fourth-order valence-corrected chi connectivity index (χ4v) is 21.6. The number of hydrogen-bond acceptors (Lipinski definition) is 18. The molecule has 4 aliphatic rings. The number of aromatic nitrogens is 1. The van der Waals surface area contributed by atoms with Crippen LogP contribution in [0.1, 0.15) is 150 Å². The Morgan fingerprint density at radius 2 is 0.853 bits per heavy atom. The number of benzene rings is 8. The second-order valence-electron chi connectivity index (χ2n) is 33.5. The molecule has 0 radical (unpaired) electrons. The number of nitrogens with one attached hydrogen (secondary N) is 3. The highest BCUT2D eigenvalue weighted by molar-refractivity contribution is 7.93. The molecule has 0 bridgehead atoms. The molecule has 8 aromatic carbocycles. The number of carbonyl (C=O) groups is 4. The summed E-state index contributed by atoms with van der Waals surface area (Å²) in [6.07, 6.45) is 11.5. The van der Waals surface area contributed by atoms with E-state index in [1.807, 2.05) is 153 Å². The number of aryl methyl sites for hydroxylation is 3. The number of rotatable bonds is 23. The number of furan rings is 3. The maximum atomic E-state index is 13.6. The summed E-state index contributed by atoms with van der Waals surface area (Å²) in [4.78, 5) is 59.6. The quantitative estimate of drug-likeness (QED) is 0.0535. The summed E-state index contributed by atoms with van der Waals surface area (Å²) in [6.45, 7) is 7.98. The molecule has 16 rings (SSSR count). The molecule has 129 heavy (non-hydrogen) atoms. The van der Waals surface area contributed by atoms with Crippen LogP contribution < -0.4 is 28.9 Å². The van der Waals surface area contributed by atoms with E-state index in [0.717, 1.165) is 75.2 Å². The third-order valence-corrected chi connectivity index (χ3v) is 31.5. The molecule has 4 fully saturated rings. The van der Waals surface area contributed by atoms with Gasteiger partial charge in [-0.3, -0.25) is 37.1 Å². The standard InChI is InChI=1S/C33H36N4O5S.C32H35N3O6S2.C31H34FN3O6S2/c1-20-10-12-21(13-11-20)31-30(32(38)34-2)26-16-23(28(18-29(26)42-31)36(3)43(4,40)41)22-8-7-15-37(19-22)33(39)25-17-24(25)27-9-5-6-14-35-27;1-22-12-14-24(15-13-22)31-30(32(36)33-2)27-19-26(28(20-29(27)41-31)34(3)42(4,37)38)25-11-8-17-35(21-25)43(39,40)18-16-23-9-6-5-7-10-23;1-20-7-11-22(12-8-20)30-29(31(36)33-2)26-16-25(27(17-28(26)41-30)34(3)42(4,37)38)23-6-5-15-35(18-23)43(39,40)19-21-9-13-24(32)14-10-21/h5-6,9-14,16,18,22,24-25H,7-8,15,17,19H2,1-4H3,(H,34,38);5-7,9-10,12-16,18-20,25H,8,11,17,21H2,1-4H3,(H,33,36);7-14,16-17,23H,5-6,15,18-19H2,1-4H3,(H,33,36)/b;18-16+;/t22-,24?,25?;25-;23-/m100/s1. The van der Waals surface area contributed by atoms with Gasteiger partial charge in [0.1, 0.15) is 39.8 Å². The van der Waals surface area contributed by atoms with Crippen molar-refractivity contribution in [2.75, 3.05) is 113 Å². The molecule has 3 aliphatic heterocycles. The number of anilines is 3. The number of sulfonamides is 5. The summed E-state index contributed by atoms with van der Waals surface area (Å²) in [5, 5.41) is 11.0. The zero-order valence-electron chi connectivity index (χ0n) is 73.8. The van der Waals surface area contributed by atoms with Gasteiger partial charge in [0, 0.05) is 168 Å². The SMILES string of the molecule is CNC(=O)c1c(-c2ccc(C)cc2)oc2cc(N(C)S(C)(=O)=O)c([C@@H]3CCCN(C(=O)C4CC4c4ccccn4)C3)cc12.CNC(=O)c1c(-c2ccc(C)cc2)oc2cc(N(C)S(C)(=O)=O)c([C@H]3CCCN(S(=O)(=O)/C=C/c4ccccc4)C3)cc12.CNC(=O)c1c(-c2ccc(C)cc2)oc2cc(N(C)S(C)(=O)=O)c([C@H]3CCCN(S(=O)(=O)Cc4ccc(F)cc4)C3)cc12. The summed E-state index contributed by atoms with van der Waals surface area (Å²) in [6, 6.07) is 53.6. The predicted octanol–water partition coefficient (Wildman–Crippen LogP) is 15.4. The summed E-state index contributed by atoms with van der Waals surface area (Å²) in [5.41, 5.74) is 12.9. The van der Waals surface area contributed by atoms with E-state index >= 15 is 0 Å². The van der Waals surface area contributed by atoms with E-state index in [0.29, 0.717) is 164 Å². The number of carbonyl (C=O) groups excluding carboxylic acids is 4. The van der Waals surface area contributed by atoms with E-state index in [9.17, 15) is 65.7 Å². The van der Waals surface area contributed by atoms with Gasteiger partial charge in [-0.25, -0.2) is 50.8 Å². The van der Waals surface area contributed by atoms with Crippen LogP contribution in [0.4, 0.5) is 21.5 Å². The van der Waals surface area contributed by atoms with Gasteiger partial charge in [-0.05, 0) is 154 Å². The first-order valence-corrected chi connectivity index (χ1v) is 51.0. The molecule has 1 saturated carbocycles. The fourth-order valence-electron chi connectivity index (χ4n) is 17.2. The largest absolute Gasteiger partial charge is 0.455 e. The lowest BCUT2D eigenvalue weighted by Gasteiger charge is -2.35. The molecular formula is C96H105FN10O17S5. The molecule has 678 valence electrons.